The molecule has 7 heteroatoms. The fourth-order valence-corrected chi connectivity index (χ4v) is 3.64. The average molecular weight is 341 g/mol. The molecule has 98 valence electrons. The quantitative estimate of drug-likeness (QED) is 0.747. The SMILES string of the molecule is CC(NCCCNS(C)(=O)=O)c1sccc1Br. The fourth-order valence-electron chi connectivity index (χ4n) is 1.37. The molecule has 1 atom stereocenters. The Hall–Kier alpha value is 0.0500. The van der Waals surface area contributed by atoms with E-state index in [9.17, 15) is 8.42 Å². The van der Waals surface area contributed by atoms with Crippen LogP contribution in [0.2, 0.25) is 0 Å². The maximum absolute atomic E-state index is 10.8. The standard InChI is InChI=1S/C10H17BrN2O2S2/c1-8(10-9(11)4-7-16-10)12-5-3-6-13-17(2,14)15/h4,7-8,12-13H,3,5-6H2,1-2H3. The van der Waals surface area contributed by atoms with E-state index in [1.807, 2.05) is 11.4 Å². The van der Waals surface area contributed by atoms with Crippen molar-refractivity contribution in [2.24, 2.45) is 0 Å². The van der Waals surface area contributed by atoms with Crippen molar-refractivity contribution < 1.29 is 8.42 Å². The predicted octanol–water partition coefficient (Wildman–Crippen LogP) is 2.10. The largest absolute Gasteiger partial charge is 0.309 e. The Morgan fingerprint density at radius 2 is 2.18 bits per heavy atom. The van der Waals surface area contributed by atoms with Crippen molar-refractivity contribution in [1.82, 2.24) is 10.0 Å². The summed E-state index contributed by atoms with van der Waals surface area (Å²) in [5.74, 6) is 0. The topological polar surface area (TPSA) is 58.2 Å². The number of nitrogens with one attached hydrogen (secondary N) is 2. The summed E-state index contributed by atoms with van der Waals surface area (Å²) >= 11 is 5.20. The second-order valence-electron chi connectivity index (χ2n) is 3.83. The molecule has 0 spiro atoms. The summed E-state index contributed by atoms with van der Waals surface area (Å²) < 4.78 is 25.2. The molecule has 1 heterocycles. The Kier molecular flexibility index (Phi) is 6.08. The van der Waals surface area contributed by atoms with Gasteiger partial charge in [0.2, 0.25) is 10.0 Å². The molecular formula is C10H17BrN2O2S2. The van der Waals surface area contributed by atoms with Crippen molar-refractivity contribution in [3.05, 3.63) is 20.8 Å². The van der Waals surface area contributed by atoms with Crippen molar-refractivity contribution in [3.8, 4) is 0 Å². The van der Waals surface area contributed by atoms with Gasteiger partial charge in [-0.2, -0.15) is 0 Å². The molecule has 2 N–H and O–H groups in total. The van der Waals surface area contributed by atoms with Crippen LogP contribution in [-0.4, -0.2) is 27.8 Å². The van der Waals surface area contributed by atoms with Crippen LogP contribution < -0.4 is 10.0 Å². The second kappa shape index (κ2) is 6.84. The summed E-state index contributed by atoms with van der Waals surface area (Å²) in [5, 5.41) is 5.40. The molecule has 1 unspecified atom stereocenters. The molecule has 0 aliphatic rings. The van der Waals surface area contributed by atoms with E-state index in [0.717, 1.165) is 17.4 Å². The number of halogens is 1. The monoisotopic (exact) mass is 340 g/mol. The van der Waals surface area contributed by atoms with E-state index < -0.39 is 10.0 Å². The molecule has 1 aromatic rings. The Morgan fingerprint density at radius 1 is 1.47 bits per heavy atom. The lowest BCUT2D eigenvalue weighted by Crippen LogP contribution is -2.27. The highest BCUT2D eigenvalue weighted by molar-refractivity contribution is 9.10. The minimum Gasteiger partial charge on any atom is -0.309 e. The molecule has 0 saturated heterocycles. The molecule has 1 aromatic heterocycles. The summed E-state index contributed by atoms with van der Waals surface area (Å²) in [5.41, 5.74) is 0. The highest BCUT2D eigenvalue weighted by Crippen LogP contribution is 2.28. The van der Waals surface area contributed by atoms with E-state index in [0.29, 0.717) is 6.54 Å². The normalized spacial score (nSPS) is 13.8. The van der Waals surface area contributed by atoms with E-state index >= 15 is 0 Å². The van der Waals surface area contributed by atoms with E-state index in [1.165, 1.54) is 11.1 Å². The van der Waals surface area contributed by atoms with Crippen LogP contribution in [0.25, 0.3) is 0 Å². The van der Waals surface area contributed by atoms with Gasteiger partial charge in [-0.3, -0.25) is 0 Å². The summed E-state index contributed by atoms with van der Waals surface area (Å²) in [6, 6.07) is 2.31. The highest BCUT2D eigenvalue weighted by atomic mass is 79.9. The lowest BCUT2D eigenvalue weighted by molar-refractivity contribution is 0.552. The molecule has 0 amide bonds. The first-order chi connectivity index (χ1) is 7.90. The first kappa shape index (κ1) is 15.1. The number of hydrogen-bond acceptors (Lipinski definition) is 4. The van der Waals surface area contributed by atoms with Gasteiger partial charge in [-0.1, -0.05) is 0 Å². The van der Waals surface area contributed by atoms with E-state index in [-0.39, 0.29) is 6.04 Å². The van der Waals surface area contributed by atoms with Gasteiger partial charge in [0.15, 0.2) is 0 Å². The average Bonchev–Trinajstić information content (AvgIpc) is 2.62. The van der Waals surface area contributed by atoms with Crippen LogP contribution in [0.15, 0.2) is 15.9 Å². The zero-order valence-corrected chi connectivity index (χ0v) is 13.1. The third kappa shape index (κ3) is 5.96. The lowest BCUT2D eigenvalue weighted by atomic mass is 10.2. The van der Waals surface area contributed by atoms with Crippen LogP contribution in [0.3, 0.4) is 0 Å². The van der Waals surface area contributed by atoms with Crippen LogP contribution in [-0.2, 0) is 10.0 Å². The maximum atomic E-state index is 10.8. The second-order valence-corrected chi connectivity index (χ2v) is 7.46. The van der Waals surface area contributed by atoms with Gasteiger partial charge in [0.1, 0.15) is 0 Å². The third-order valence-electron chi connectivity index (χ3n) is 2.21. The zero-order chi connectivity index (χ0) is 12.9. The van der Waals surface area contributed by atoms with Crippen LogP contribution >= 0.6 is 27.3 Å². The summed E-state index contributed by atoms with van der Waals surface area (Å²) in [6.45, 7) is 3.36. The van der Waals surface area contributed by atoms with Gasteiger partial charge < -0.3 is 5.32 Å². The minimum absolute atomic E-state index is 0.280. The van der Waals surface area contributed by atoms with Crippen molar-refractivity contribution in [2.75, 3.05) is 19.3 Å². The van der Waals surface area contributed by atoms with E-state index in [2.05, 4.69) is 32.9 Å². The van der Waals surface area contributed by atoms with Gasteiger partial charge >= 0.3 is 0 Å². The first-order valence-corrected chi connectivity index (χ1v) is 8.87. The highest BCUT2D eigenvalue weighted by Gasteiger charge is 2.09. The van der Waals surface area contributed by atoms with Crippen LogP contribution in [0.1, 0.15) is 24.3 Å². The molecule has 4 nitrogen and oxygen atoms in total. The fraction of sp³-hybridized carbons (Fsp3) is 0.600. The number of hydrogen-bond donors (Lipinski definition) is 2. The van der Waals surface area contributed by atoms with Crippen molar-refractivity contribution in [3.63, 3.8) is 0 Å². The maximum Gasteiger partial charge on any atom is 0.208 e. The number of thiophene rings is 1. The lowest BCUT2D eigenvalue weighted by Gasteiger charge is -2.12. The molecule has 1 rings (SSSR count). The third-order valence-corrected chi connectivity index (χ3v) is 4.99. The summed E-state index contributed by atoms with van der Waals surface area (Å²) in [6.07, 6.45) is 1.95. The first-order valence-electron chi connectivity index (χ1n) is 5.31. The van der Waals surface area contributed by atoms with Crippen molar-refractivity contribution in [2.45, 2.75) is 19.4 Å². The van der Waals surface area contributed by atoms with Crippen LogP contribution in [0, 0.1) is 0 Å². The molecular weight excluding hydrogens is 324 g/mol. The molecule has 0 radical (unpaired) electrons. The predicted molar refractivity (Wildman–Crippen MR) is 75.9 cm³/mol. The van der Waals surface area contributed by atoms with Gasteiger partial charge in [-0.05, 0) is 47.3 Å². The molecule has 0 fully saturated rings. The molecule has 0 aliphatic heterocycles. The van der Waals surface area contributed by atoms with Gasteiger partial charge in [0.25, 0.3) is 0 Å². The van der Waals surface area contributed by atoms with Crippen LogP contribution in [0.5, 0.6) is 0 Å². The van der Waals surface area contributed by atoms with Gasteiger partial charge in [0.05, 0.1) is 6.26 Å². The van der Waals surface area contributed by atoms with Gasteiger partial charge in [-0.25, -0.2) is 13.1 Å². The minimum atomic E-state index is -3.06. The van der Waals surface area contributed by atoms with E-state index in [4.69, 9.17) is 0 Å². The Labute approximate surface area is 115 Å². The van der Waals surface area contributed by atoms with Crippen LogP contribution in [0.4, 0.5) is 0 Å². The zero-order valence-electron chi connectivity index (χ0n) is 9.86. The molecule has 0 bridgehead atoms. The van der Waals surface area contributed by atoms with Crippen molar-refractivity contribution in [1.29, 1.82) is 0 Å². The van der Waals surface area contributed by atoms with E-state index in [1.54, 1.807) is 11.3 Å². The smallest absolute Gasteiger partial charge is 0.208 e. The van der Waals surface area contributed by atoms with Gasteiger partial charge in [0, 0.05) is 21.9 Å². The Bertz CT molecular complexity index is 445. The molecule has 17 heavy (non-hydrogen) atoms. The molecule has 0 aliphatic carbocycles. The Morgan fingerprint density at radius 3 is 2.71 bits per heavy atom. The number of rotatable bonds is 7. The molecule has 0 saturated carbocycles. The summed E-state index contributed by atoms with van der Waals surface area (Å²) in [4.78, 5) is 1.26. The molecule has 0 aromatic carbocycles. The summed E-state index contributed by atoms with van der Waals surface area (Å²) in [7, 11) is -3.06. The van der Waals surface area contributed by atoms with Crippen molar-refractivity contribution >= 4 is 37.3 Å². The Balaban J connectivity index is 2.22. The van der Waals surface area contributed by atoms with Gasteiger partial charge in [-0.15, -0.1) is 11.3 Å². The number of sulfonamides is 1.